The van der Waals surface area contributed by atoms with Crippen LogP contribution in [0.5, 0.6) is 0 Å². The van der Waals surface area contributed by atoms with E-state index in [4.69, 9.17) is 9.47 Å². The van der Waals surface area contributed by atoms with Crippen LogP contribution in [0.3, 0.4) is 0 Å². The molecule has 1 fully saturated rings. The predicted molar refractivity (Wildman–Crippen MR) is 86.3 cm³/mol. The van der Waals surface area contributed by atoms with Crippen LogP contribution in [0.15, 0.2) is 11.1 Å². The molecule has 4 heteroatoms. The Kier molecular flexibility index (Phi) is 8.21. The summed E-state index contributed by atoms with van der Waals surface area (Å²) in [6.07, 6.45) is 5.87. The summed E-state index contributed by atoms with van der Waals surface area (Å²) in [6.45, 7) is 8.32. The van der Waals surface area contributed by atoms with Crippen molar-refractivity contribution in [3.05, 3.63) is 11.1 Å². The number of ether oxygens (including phenoxy) is 2. The Labute approximate surface area is 134 Å². The molecular formula is C18H30O4. The molecule has 1 aliphatic carbocycles. The summed E-state index contributed by atoms with van der Waals surface area (Å²) in [5, 5.41) is 0. The first-order valence-corrected chi connectivity index (χ1v) is 8.58. The lowest BCUT2D eigenvalue weighted by Crippen LogP contribution is -2.24. The molecule has 0 radical (unpaired) electrons. The lowest BCUT2D eigenvalue weighted by molar-refractivity contribution is -0.142. The van der Waals surface area contributed by atoms with Gasteiger partial charge in [0.1, 0.15) is 0 Å². The molecule has 4 nitrogen and oxygen atoms in total. The molecule has 0 atom stereocenters. The molecule has 0 N–H and O–H groups in total. The second-order valence-corrected chi connectivity index (χ2v) is 6.27. The van der Waals surface area contributed by atoms with Gasteiger partial charge in [0, 0.05) is 5.57 Å². The molecule has 0 bridgehead atoms. The summed E-state index contributed by atoms with van der Waals surface area (Å²) in [7, 11) is 0. The van der Waals surface area contributed by atoms with Crippen molar-refractivity contribution in [3.63, 3.8) is 0 Å². The van der Waals surface area contributed by atoms with Gasteiger partial charge in [-0.05, 0) is 44.9 Å². The average molecular weight is 310 g/mol. The summed E-state index contributed by atoms with van der Waals surface area (Å²) in [4.78, 5) is 24.9. The number of carbonyl (C=O) groups excluding carboxylic acids is 2. The summed E-state index contributed by atoms with van der Waals surface area (Å²) < 4.78 is 10.4. The molecule has 0 saturated heterocycles. The van der Waals surface area contributed by atoms with Crippen molar-refractivity contribution in [2.45, 2.75) is 66.2 Å². The Hall–Kier alpha value is -1.32. The molecule has 0 aromatic rings. The largest absolute Gasteiger partial charge is 0.463 e. The second-order valence-electron chi connectivity index (χ2n) is 6.27. The predicted octanol–water partition coefficient (Wildman–Crippen LogP) is 4.04. The highest BCUT2D eigenvalue weighted by Gasteiger charge is 2.31. The highest BCUT2D eigenvalue weighted by Crippen LogP contribution is 2.34. The number of rotatable bonds is 7. The number of esters is 2. The molecule has 0 aromatic heterocycles. The van der Waals surface area contributed by atoms with Crippen molar-refractivity contribution >= 4 is 11.9 Å². The van der Waals surface area contributed by atoms with Gasteiger partial charge in [0.2, 0.25) is 0 Å². The van der Waals surface area contributed by atoms with Crippen LogP contribution >= 0.6 is 0 Å². The van der Waals surface area contributed by atoms with Crippen molar-refractivity contribution in [1.82, 2.24) is 0 Å². The summed E-state index contributed by atoms with van der Waals surface area (Å²) in [5.74, 6) is -0.277. The van der Waals surface area contributed by atoms with E-state index in [2.05, 4.69) is 0 Å². The van der Waals surface area contributed by atoms with Crippen LogP contribution in [-0.4, -0.2) is 25.2 Å². The molecule has 0 unspecified atom stereocenters. The van der Waals surface area contributed by atoms with E-state index in [1.165, 1.54) is 6.42 Å². The topological polar surface area (TPSA) is 52.6 Å². The van der Waals surface area contributed by atoms with E-state index in [1.807, 2.05) is 13.8 Å². The standard InChI is InChI=1S/C18H30O4/c1-5-21-17(19)15(12-13(3)4)16(18(20)22-6-2)14-10-8-7-9-11-14/h13-14H,5-12H2,1-4H3. The van der Waals surface area contributed by atoms with Crippen LogP contribution in [0.4, 0.5) is 0 Å². The fraction of sp³-hybridized carbons (Fsp3) is 0.778. The van der Waals surface area contributed by atoms with Crippen molar-refractivity contribution in [1.29, 1.82) is 0 Å². The quantitative estimate of drug-likeness (QED) is 0.526. The first-order valence-electron chi connectivity index (χ1n) is 8.58. The van der Waals surface area contributed by atoms with Gasteiger partial charge in [-0.3, -0.25) is 0 Å². The van der Waals surface area contributed by atoms with E-state index >= 15 is 0 Å². The molecule has 126 valence electrons. The van der Waals surface area contributed by atoms with Gasteiger partial charge in [0.15, 0.2) is 0 Å². The Morgan fingerprint density at radius 2 is 1.50 bits per heavy atom. The van der Waals surface area contributed by atoms with E-state index in [1.54, 1.807) is 13.8 Å². The third kappa shape index (κ3) is 5.47. The molecule has 22 heavy (non-hydrogen) atoms. The van der Waals surface area contributed by atoms with Crippen LogP contribution in [-0.2, 0) is 19.1 Å². The summed E-state index contributed by atoms with van der Waals surface area (Å²) >= 11 is 0. The third-order valence-corrected chi connectivity index (χ3v) is 3.97. The van der Waals surface area contributed by atoms with Gasteiger partial charge in [-0.15, -0.1) is 0 Å². The molecule has 1 rings (SSSR count). The Balaban J connectivity index is 3.21. The zero-order chi connectivity index (χ0) is 16.5. The van der Waals surface area contributed by atoms with E-state index in [0.717, 1.165) is 25.7 Å². The first kappa shape index (κ1) is 18.7. The maximum absolute atomic E-state index is 12.5. The summed E-state index contributed by atoms with van der Waals surface area (Å²) in [6, 6.07) is 0. The lowest BCUT2D eigenvalue weighted by atomic mass is 9.80. The average Bonchev–Trinajstić information content (AvgIpc) is 2.48. The van der Waals surface area contributed by atoms with Crippen molar-refractivity contribution in [2.75, 3.05) is 13.2 Å². The van der Waals surface area contributed by atoms with Gasteiger partial charge < -0.3 is 9.47 Å². The zero-order valence-electron chi connectivity index (χ0n) is 14.4. The maximum Gasteiger partial charge on any atom is 0.334 e. The van der Waals surface area contributed by atoms with E-state index in [9.17, 15) is 9.59 Å². The van der Waals surface area contributed by atoms with Gasteiger partial charge in [-0.1, -0.05) is 33.1 Å². The van der Waals surface area contributed by atoms with E-state index in [0.29, 0.717) is 30.8 Å². The van der Waals surface area contributed by atoms with E-state index < -0.39 is 0 Å². The summed E-state index contributed by atoms with van der Waals surface area (Å²) in [5.41, 5.74) is 1.11. The van der Waals surface area contributed by atoms with Gasteiger partial charge in [0.05, 0.1) is 18.8 Å². The maximum atomic E-state index is 12.5. The fourth-order valence-corrected chi connectivity index (χ4v) is 3.07. The van der Waals surface area contributed by atoms with Crippen LogP contribution in [0, 0.1) is 11.8 Å². The van der Waals surface area contributed by atoms with Crippen LogP contribution in [0.2, 0.25) is 0 Å². The second kappa shape index (κ2) is 9.65. The zero-order valence-corrected chi connectivity index (χ0v) is 14.4. The monoisotopic (exact) mass is 310 g/mol. The molecule has 0 aliphatic heterocycles. The third-order valence-electron chi connectivity index (χ3n) is 3.97. The highest BCUT2D eigenvalue weighted by atomic mass is 16.5. The van der Waals surface area contributed by atoms with Gasteiger partial charge in [-0.25, -0.2) is 9.59 Å². The van der Waals surface area contributed by atoms with Gasteiger partial charge >= 0.3 is 11.9 Å². The minimum atomic E-state index is -0.357. The Morgan fingerprint density at radius 3 is 2.00 bits per heavy atom. The Bertz CT molecular complexity index is 403. The van der Waals surface area contributed by atoms with Gasteiger partial charge in [0.25, 0.3) is 0 Å². The van der Waals surface area contributed by atoms with E-state index in [-0.39, 0.29) is 23.8 Å². The minimum absolute atomic E-state index is 0.131. The highest BCUT2D eigenvalue weighted by molar-refractivity contribution is 6.00. The number of hydrogen-bond acceptors (Lipinski definition) is 4. The fourth-order valence-electron chi connectivity index (χ4n) is 3.07. The van der Waals surface area contributed by atoms with Crippen LogP contribution in [0.1, 0.15) is 66.2 Å². The molecule has 0 spiro atoms. The molecule has 0 heterocycles. The Morgan fingerprint density at radius 1 is 0.955 bits per heavy atom. The normalized spacial score (nSPS) is 17.1. The van der Waals surface area contributed by atoms with Gasteiger partial charge in [-0.2, -0.15) is 0 Å². The van der Waals surface area contributed by atoms with Crippen molar-refractivity contribution in [2.24, 2.45) is 11.8 Å². The molecule has 0 aromatic carbocycles. The van der Waals surface area contributed by atoms with Crippen LogP contribution < -0.4 is 0 Å². The number of carbonyl (C=O) groups is 2. The number of hydrogen-bond donors (Lipinski definition) is 0. The first-order chi connectivity index (χ1) is 10.5. The molecular weight excluding hydrogens is 280 g/mol. The molecule has 1 saturated carbocycles. The van der Waals surface area contributed by atoms with Crippen LogP contribution in [0.25, 0.3) is 0 Å². The minimum Gasteiger partial charge on any atom is -0.463 e. The van der Waals surface area contributed by atoms with Crippen molar-refractivity contribution in [3.8, 4) is 0 Å². The SMILES string of the molecule is CCOC(=O)C(CC(C)C)=C(C(=O)OCC)C1CCCCC1. The molecule has 0 amide bonds. The smallest absolute Gasteiger partial charge is 0.334 e. The molecule has 1 aliphatic rings. The lowest BCUT2D eigenvalue weighted by Gasteiger charge is -2.26. The van der Waals surface area contributed by atoms with Crippen molar-refractivity contribution < 1.29 is 19.1 Å².